The fourth-order valence-electron chi connectivity index (χ4n) is 10.4. The highest BCUT2D eigenvalue weighted by Gasteiger charge is 2.46. The van der Waals surface area contributed by atoms with Gasteiger partial charge < -0.3 is 4.90 Å². The minimum absolute atomic E-state index is 0.499. The lowest BCUT2D eigenvalue weighted by atomic mass is 9.67. The second-order valence-electron chi connectivity index (χ2n) is 17.3. The Morgan fingerprint density at radius 1 is 0.227 bits per heavy atom. The summed E-state index contributed by atoms with van der Waals surface area (Å²) in [4.78, 5) is 2.41. The van der Waals surface area contributed by atoms with E-state index in [1.807, 2.05) is 0 Å². The summed E-state index contributed by atoms with van der Waals surface area (Å²) >= 11 is 0. The van der Waals surface area contributed by atoms with Gasteiger partial charge in [0.2, 0.25) is 0 Å². The van der Waals surface area contributed by atoms with Crippen LogP contribution in [0.4, 0.5) is 17.1 Å². The topological polar surface area (TPSA) is 3.24 Å². The molecule has 1 aliphatic carbocycles. The molecule has 0 heterocycles. The smallest absolute Gasteiger partial charge is 0.0714 e. The summed E-state index contributed by atoms with van der Waals surface area (Å²) < 4.78 is 0. The molecule has 1 nitrogen and oxygen atoms in total. The Labute approximate surface area is 387 Å². The summed E-state index contributed by atoms with van der Waals surface area (Å²) in [5.41, 5.74) is 20.0. The van der Waals surface area contributed by atoms with Crippen LogP contribution in [-0.4, -0.2) is 0 Å². The van der Waals surface area contributed by atoms with Crippen molar-refractivity contribution >= 4 is 27.8 Å². The minimum atomic E-state index is -0.499. The standard InChI is InChI=1S/C65H45N/c1-4-15-46(16-5-1)49-33-37-58(38-34-49)66(60-41-42-62-61-25-12-13-26-63(61)65(64(62)45-60,56-21-6-2-7-22-56)57-23-8-3-9-24-57)59-39-35-50(36-40-59)48-27-29-51(30-28-48)53-19-14-20-54(43-53)55-32-31-47-17-10-11-18-52(47)44-55/h1-45H. The largest absolute Gasteiger partial charge is 0.310 e. The molecule has 12 rings (SSSR count). The van der Waals surface area contributed by atoms with E-state index in [0.717, 1.165) is 17.1 Å². The van der Waals surface area contributed by atoms with E-state index in [1.54, 1.807) is 0 Å². The third-order valence-corrected chi connectivity index (χ3v) is 13.6. The molecule has 11 aromatic rings. The number of hydrogen-bond acceptors (Lipinski definition) is 1. The van der Waals surface area contributed by atoms with Crippen LogP contribution in [0.1, 0.15) is 22.3 Å². The minimum Gasteiger partial charge on any atom is -0.310 e. The summed E-state index contributed by atoms with van der Waals surface area (Å²) in [5.74, 6) is 0. The molecular weight excluding hydrogens is 795 g/mol. The zero-order valence-corrected chi connectivity index (χ0v) is 36.4. The van der Waals surface area contributed by atoms with Crippen molar-refractivity contribution < 1.29 is 0 Å². The Kier molecular flexibility index (Phi) is 9.81. The van der Waals surface area contributed by atoms with E-state index in [4.69, 9.17) is 0 Å². The van der Waals surface area contributed by atoms with Crippen molar-refractivity contribution in [1.29, 1.82) is 0 Å². The molecule has 0 atom stereocenters. The lowest BCUT2D eigenvalue weighted by Gasteiger charge is -2.35. The third kappa shape index (κ3) is 6.81. The normalized spacial score (nSPS) is 12.4. The monoisotopic (exact) mass is 839 g/mol. The summed E-state index contributed by atoms with van der Waals surface area (Å²) in [6, 6.07) is 100.0. The van der Waals surface area contributed by atoms with Gasteiger partial charge in [0.1, 0.15) is 0 Å². The first-order chi connectivity index (χ1) is 32.7. The highest BCUT2D eigenvalue weighted by Crippen LogP contribution is 2.57. The van der Waals surface area contributed by atoms with Crippen LogP contribution < -0.4 is 4.90 Å². The maximum atomic E-state index is 2.45. The van der Waals surface area contributed by atoms with Gasteiger partial charge in [0, 0.05) is 17.1 Å². The molecular formula is C65H45N. The van der Waals surface area contributed by atoms with E-state index < -0.39 is 5.41 Å². The van der Waals surface area contributed by atoms with Gasteiger partial charge in [-0.05, 0) is 137 Å². The van der Waals surface area contributed by atoms with Gasteiger partial charge in [-0.3, -0.25) is 0 Å². The number of benzene rings is 11. The molecule has 0 unspecified atom stereocenters. The van der Waals surface area contributed by atoms with Gasteiger partial charge in [0.15, 0.2) is 0 Å². The Morgan fingerprint density at radius 2 is 0.636 bits per heavy atom. The molecule has 0 saturated heterocycles. The van der Waals surface area contributed by atoms with E-state index in [2.05, 4.69) is 278 Å². The third-order valence-electron chi connectivity index (χ3n) is 13.6. The summed E-state index contributed by atoms with van der Waals surface area (Å²) in [5, 5.41) is 2.51. The lowest BCUT2D eigenvalue weighted by Crippen LogP contribution is -2.28. The highest BCUT2D eigenvalue weighted by molar-refractivity contribution is 5.91. The number of rotatable bonds is 9. The van der Waals surface area contributed by atoms with Crippen molar-refractivity contribution in [3.63, 3.8) is 0 Å². The predicted molar refractivity (Wildman–Crippen MR) is 278 cm³/mol. The molecule has 0 aliphatic heterocycles. The van der Waals surface area contributed by atoms with Crippen molar-refractivity contribution in [2.75, 3.05) is 4.90 Å². The second kappa shape index (κ2) is 16.6. The molecule has 0 bridgehead atoms. The Balaban J connectivity index is 0.930. The second-order valence-corrected chi connectivity index (χ2v) is 17.3. The summed E-state index contributed by atoms with van der Waals surface area (Å²) in [6.07, 6.45) is 0. The van der Waals surface area contributed by atoms with E-state index in [-0.39, 0.29) is 0 Å². The molecule has 0 spiro atoms. The number of anilines is 3. The van der Waals surface area contributed by atoms with Gasteiger partial charge in [-0.15, -0.1) is 0 Å². The van der Waals surface area contributed by atoms with Crippen LogP contribution in [0.25, 0.3) is 66.4 Å². The number of fused-ring (bicyclic) bond motifs is 4. The molecule has 310 valence electrons. The van der Waals surface area contributed by atoms with Gasteiger partial charge in [0.25, 0.3) is 0 Å². The molecule has 1 aliphatic rings. The zero-order valence-electron chi connectivity index (χ0n) is 36.4. The van der Waals surface area contributed by atoms with Crippen molar-refractivity contribution in [2.24, 2.45) is 0 Å². The van der Waals surface area contributed by atoms with Crippen molar-refractivity contribution in [1.82, 2.24) is 0 Å². The Hall–Kier alpha value is -8.52. The summed E-state index contributed by atoms with van der Waals surface area (Å²) in [6.45, 7) is 0. The zero-order chi connectivity index (χ0) is 43.9. The molecule has 0 aromatic heterocycles. The average molecular weight is 840 g/mol. The van der Waals surface area contributed by atoms with Crippen LogP contribution in [0, 0.1) is 0 Å². The molecule has 0 saturated carbocycles. The fraction of sp³-hybridized carbons (Fsp3) is 0.0154. The van der Waals surface area contributed by atoms with Crippen LogP contribution in [0.15, 0.2) is 273 Å². The van der Waals surface area contributed by atoms with Crippen molar-refractivity contribution in [3.8, 4) is 55.6 Å². The van der Waals surface area contributed by atoms with Crippen molar-refractivity contribution in [3.05, 3.63) is 295 Å². The van der Waals surface area contributed by atoms with E-state index >= 15 is 0 Å². The first-order valence-electron chi connectivity index (χ1n) is 22.8. The molecule has 66 heavy (non-hydrogen) atoms. The number of hydrogen-bond donors (Lipinski definition) is 0. The van der Waals surface area contributed by atoms with Gasteiger partial charge in [-0.1, -0.05) is 224 Å². The van der Waals surface area contributed by atoms with Crippen LogP contribution in [0.5, 0.6) is 0 Å². The van der Waals surface area contributed by atoms with Gasteiger partial charge in [-0.25, -0.2) is 0 Å². The maximum absolute atomic E-state index is 2.45. The van der Waals surface area contributed by atoms with Gasteiger partial charge in [-0.2, -0.15) is 0 Å². The Bertz CT molecular complexity index is 3440. The van der Waals surface area contributed by atoms with E-state index in [0.29, 0.717) is 0 Å². The Morgan fingerprint density at radius 3 is 1.26 bits per heavy atom. The molecule has 0 amide bonds. The quantitative estimate of drug-likeness (QED) is 0.140. The lowest BCUT2D eigenvalue weighted by molar-refractivity contribution is 0.768. The van der Waals surface area contributed by atoms with Crippen LogP contribution in [-0.2, 0) is 5.41 Å². The molecule has 0 radical (unpaired) electrons. The first kappa shape index (κ1) is 39.1. The number of nitrogens with zero attached hydrogens (tertiary/aromatic N) is 1. The van der Waals surface area contributed by atoms with E-state index in [1.165, 1.54) is 88.7 Å². The van der Waals surface area contributed by atoms with Gasteiger partial charge >= 0.3 is 0 Å². The van der Waals surface area contributed by atoms with Gasteiger partial charge in [0.05, 0.1) is 5.41 Å². The van der Waals surface area contributed by atoms with Crippen LogP contribution in [0.2, 0.25) is 0 Å². The van der Waals surface area contributed by atoms with E-state index in [9.17, 15) is 0 Å². The molecule has 0 N–H and O–H groups in total. The summed E-state index contributed by atoms with van der Waals surface area (Å²) in [7, 11) is 0. The first-order valence-corrected chi connectivity index (χ1v) is 22.8. The fourth-order valence-corrected chi connectivity index (χ4v) is 10.4. The highest BCUT2D eigenvalue weighted by atomic mass is 15.1. The van der Waals surface area contributed by atoms with Crippen LogP contribution in [0.3, 0.4) is 0 Å². The van der Waals surface area contributed by atoms with Crippen molar-refractivity contribution in [2.45, 2.75) is 5.41 Å². The molecule has 1 heteroatoms. The SMILES string of the molecule is c1ccc(-c2ccc(N(c3ccc(-c4ccc(-c5cccc(-c6ccc7ccccc7c6)c5)cc4)cc3)c3ccc4c(c3)C(c3ccccc3)(c3ccccc3)c3ccccc3-4)cc2)cc1. The molecule has 0 fully saturated rings. The molecule has 11 aromatic carbocycles. The van der Waals surface area contributed by atoms with Crippen LogP contribution >= 0.6 is 0 Å². The maximum Gasteiger partial charge on any atom is 0.0714 e. The average Bonchev–Trinajstić information content (AvgIpc) is 3.70. The predicted octanol–water partition coefficient (Wildman–Crippen LogP) is 17.3.